The van der Waals surface area contributed by atoms with Crippen LogP contribution in [-0.2, 0) is 10.0 Å². The van der Waals surface area contributed by atoms with Gasteiger partial charge in [0, 0.05) is 5.69 Å². The zero-order valence-electron chi connectivity index (χ0n) is 10.5. The zero-order chi connectivity index (χ0) is 14.0. The molecule has 6 N–H and O–H groups in total. The highest BCUT2D eigenvalue weighted by Crippen LogP contribution is 2.25. The van der Waals surface area contributed by atoms with Crippen molar-refractivity contribution in [3.05, 3.63) is 18.2 Å². The Morgan fingerprint density at radius 2 is 1.95 bits per heavy atom. The number of nitrogens with one attached hydrogen (secondary N) is 1. The number of hydrogen-bond acceptors (Lipinski definition) is 5. The van der Waals surface area contributed by atoms with Gasteiger partial charge in [-0.2, -0.15) is 0 Å². The predicted octanol–water partition coefficient (Wildman–Crippen LogP) is 0.632. The molecule has 6 nitrogen and oxygen atoms in total. The number of nitrogen functional groups attached to an aromatic ring is 1. The van der Waals surface area contributed by atoms with Crippen LogP contribution >= 0.6 is 0 Å². The first-order chi connectivity index (χ1) is 8.88. The fraction of sp³-hybridized carbons (Fsp3) is 0.500. The van der Waals surface area contributed by atoms with Gasteiger partial charge in [-0.1, -0.05) is 12.8 Å². The van der Waals surface area contributed by atoms with Crippen molar-refractivity contribution in [2.24, 2.45) is 5.14 Å². The van der Waals surface area contributed by atoms with Crippen molar-refractivity contribution in [2.45, 2.75) is 42.7 Å². The number of primary sulfonamides is 1. The minimum Gasteiger partial charge on any atom is -0.398 e. The average Bonchev–Trinajstić information content (AvgIpc) is 2.30. The van der Waals surface area contributed by atoms with E-state index < -0.39 is 10.0 Å². The number of rotatable bonds is 3. The first-order valence-electron chi connectivity index (χ1n) is 6.25. The number of aliphatic hydroxyl groups excluding tert-OH is 1. The third-order valence-electron chi connectivity index (χ3n) is 3.40. The van der Waals surface area contributed by atoms with E-state index in [1.165, 1.54) is 12.1 Å². The maximum absolute atomic E-state index is 11.2. The molecule has 2 rings (SSSR count). The van der Waals surface area contributed by atoms with Crippen LogP contribution in [0.3, 0.4) is 0 Å². The van der Waals surface area contributed by atoms with Crippen molar-refractivity contribution in [2.75, 3.05) is 11.1 Å². The van der Waals surface area contributed by atoms with Gasteiger partial charge in [0.15, 0.2) is 0 Å². The quantitative estimate of drug-likeness (QED) is 0.607. The maximum Gasteiger partial charge on any atom is 0.240 e. The number of nitrogens with two attached hydrogens (primary N) is 2. The van der Waals surface area contributed by atoms with Crippen molar-refractivity contribution in [1.29, 1.82) is 0 Å². The third kappa shape index (κ3) is 3.37. The first-order valence-corrected chi connectivity index (χ1v) is 7.79. The zero-order valence-corrected chi connectivity index (χ0v) is 11.4. The summed E-state index contributed by atoms with van der Waals surface area (Å²) in [5.74, 6) is 0. The molecular formula is C12H19N3O3S. The van der Waals surface area contributed by atoms with Crippen LogP contribution in [0.15, 0.2) is 23.1 Å². The summed E-state index contributed by atoms with van der Waals surface area (Å²) in [5.41, 5.74) is 6.49. The van der Waals surface area contributed by atoms with E-state index in [0.29, 0.717) is 5.69 Å². The van der Waals surface area contributed by atoms with Gasteiger partial charge >= 0.3 is 0 Å². The lowest BCUT2D eigenvalue weighted by Crippen LogP contribution is -2.36. The molecule has 0 bridgehead atoms. The fourth-order valence-electron chi connectivity index (χ4n) is 2.39. The molecule has 0 heterocycles. The summed E-state index contributed by atoms with van der Waals surface area (Å²) in [6.45, 7) is 0. The first kappa shape index (κ1) is 14.1. The van der Waals surface area contributed by atoms with E-state index >= 15 is 0 Å². The Morgan fingerprint density at radius 3 is 2.53 bits per heavy atom. The predicted molar refractivity (Wildman–Crippen MR) is 74.1 cm³/mol. The maximum atomic E-state index is 11.2. The van der Waals surface area contributed by atoms with Gasteiger partial charge in [0.1, 0.15) is 4.90 Å². The lowest BCUT2D eigenvalue weighted by Gasteiger charge is -2.29. The normalized spacial score (nSPS) is 24.1. The van der Waals surface area contributed by atoms with Crippen LogP contribution in [0.4, 0.5) is 11.4 Å². The molecule has 106 valence electrons. The number of aliphatic hydroxyl groups is 1. The molecule has 0 amide bonds. The molecule has 0 aliphatic heterocycles. The van der Waals surface area contributed by atoms with Crippen LogP contribution in [0.25, 0.3) is 0 Å². The standard InChI is InChI=1S/C12H19N3O3S/c13-9-7-8(5-6-12(9)19(14,17)18)15-10-3-1-2-4-11(10)16/h5-7,10-11,15-16H,1-4,13H2,(H2,14,17,18). The van der Waals surface area contributed by atoms with E-state index in [4.69, 9.17) is 10.9 Å². The van der Waals surface area contributed by atoms with Crippen LogP contribution in [0.5, 0.6) is 0 Å². The molecule has 7 heteroatoms. The molecule has 0 saturated heterocycles. The van der Waals surface area contributed by atoms with Gasteiger partial charge in [0.25, 0.3) is 0 Å². The van der Waals surface area contributed by atoms with Crippen LogP contribution in [0.1, 0.15) is 25.7 Å². The van der Waals surface area contributed by atoms with E-state index in [-0.39, 0.29) is 22.7 Å². The highest BCUT2D eigenvalue weighted by Gasteiger charge is 2.23. The minimum atomic E-state index is -3.80. The summed E-state index contributed by atoms with van der Waals surface area (Å²) in [7, 11) is -3.80. The lowest BCUT2D eigenvalue weighted by molar-refractivity contribution is 0.116. The Morgan fingerprint density at radius 1 is 1.26 bits per heavy atom. The topological polar surface area (TPSA) is 118 Å². The largest absolute Gasteiger partial charge is 0.398 e. The van der Waals surface area contributed by atoms with Gasteiger partial charge in [-0.15, -0.1) is 0 Å². The molecule has 1 saturated carbocycles. The van der Waals surface area contributed by atoms with Crippen LogP contribution in [0.2, 0.25) is 0 Å². The number of sulfonamides is 1. The lowest BCUT2D eigenvalue weighted by atomic mass is 9.92. The molecule has 1 aliphatic rings. The Labute approximate surface area is 112 Å². The van der Waals surface area contributed by atoms with Crippen molar-refractivity contribution >= 4 is 21.4 Å². The van der Waals surface area contributed by atoms with E-state index in [1.54, 1.807) is 6.07 Å². The van der Waals surface area contributed by atoms with E-state index in [1.807, 2.05) is 0 Å². The van der Waals surface area contributed by atoms with Crippen molar-refractivity contribution in [1.82, 2.24) is 0 Å². The second-order valence-electron chi connectivity index (χ2n) is 4.90. The SMILES string of the molecule is Nc1cc(NC2CCCCC2O)ccc1S(N)(=O)=O. The second kappa shape index (κ2) is 5.36. The summed E-state index contributed by atoms with van der Waals surface area (Å²) in [6.07, 6.45) is 3.39. The molecular weight excluding hydrogens is 266 g/mol. The monoisotopic (exact) mass is 285 g/mol. The Balaban J connectivity index is 2.16. The van der Waals surface area contributed by atoms with Gasteiger partial charge in [0.05, 0.1) is 17.8 Å². The molecule has 2 atom stereocenters. The smallest absolute Gasteiger partial charge is 0.240 e. The fourth-order valence-corrected chi connectivity index (χ4v) is 3.04. The van der Waals surface area contributed by atoms with Crippen LogP contribution in [-0.4, -0.2) is 25.7 Å². The van der Waals surface area contributed by atoms with E-state index in [9.17, 15) is 13.5 Å². The molecule has 1 aliphatic carbocycles. The number of anilines is 2. The van der Waals surface area contributed by atoms with Gasteiger partial charge < -0.3 is 16.2 Å². The van der Waals surface area contributed by atoms with E-state index in [0.717, 1.165) is 25.7 Å². The van der Waals surface area contributed by atoms with Crippen molar-refractivity contribution in [3.63, 3.8) is 0 Å². The Kier molecular flexibility index (Phi) is 3.98. The summed E-state index contributed by atoms with van der Waals surface area (Å²) >= 11 is 0. The molecule has 0 spiro atoms. The highest BCUT2D eigenvalue weighted by molar-refractivity contribution is 7.89. The summed E-state index contributed by atoms with van der Waals surface area (Å²) in [4.78, 5) is -0.0813. The van der Waals surface area contributed by atoms with Crippen molar-refractivity contribution < 1.29 is 13.5 Å². The number of benzene rings is 1. The van der Waals surface area contributed by atoms with Crippen LogP contribution < -0.4 is 16.2 Å². The van der Waals surface area contributed by atoms with Crippen LogP contribution in [0, 0.1) is 0 Å². The third-order valence-corrected chi connectivity index (χ3v) is 4.38. The summed E-state index contributed by atoms with van der Waals surface area (Å²) < 4.78 is 22.5. The van der Waals surface area contributed by atoms with E-state index in [2.05, 4.69) is 5.32 Å². The molecule has 0 aromatic heterocycles. The van der Waals surface area contributed by atoms with Crippen molar-refractivity contribution in [3.8, 4) is 0 Å². The number of hydrogen-bond donors (Lipinski definition) is 4. The minimum absolute atomic E-state index is 0.0199. The van der Waals surface area contributed by atoms with Gasteiger partial charge in [-0.05, 0) is 31.0 Å². The Bertz CT molecular complexity index is 559. The molecule has 1 aromatic carbocycles. The molecule has 1 aromatic rings. The molecule has 0 radical (unpaired) electrons. The summed E-state index contributed by atoms with van der Waals surface area (Å²) in [5, 5.41) is 18.1. The Hall–Kier alpha value is -1.31. The molecule has 2 unspecified atom stereocenters. The van der Waals surface area contributed by atoms with Gasteiger partial charge in [0.2, 0.25) is 10.0 Å². The molecule has 1 fully saturated rings. The summed E-state index contributed by atoms with van der Waals surface area (Å²) in [6, 6.07) is 4.49. The highest BCUT2D eigenvalue weighted by atomic mass is 32.2. The van der Waals surface area contributed by atoms with Gasteiger partial charge in [-0.3, -0.25) is 0 Å². The average molecular weight is 285 g/mol. The molecule has 19 heavy (non-hydrogen) atoms. The van der Waals surface area contributed by atoms with Gasteiger partial charge in [-0.25, -0.2) is 13.6 Å². The second-order valence-corrected chi connectivity index (χ2v) is 6.43.